The fraction of sp³-hybridized carbons (Fsp3) is 0.667. The van der Waals surface area contributed by atoms with Crippen LogP contribution in [0.25, 0.3) is 0 Å². The van der Waals surface area contributed by atoms with Crippen molar-refractivity contribution in [1.29, 1.82) is 0 Å². The maximum absolute atomic E-state index is 9.88. The average molecular weight is 173 g/mol. The van der Waals surface area contributed by atoms with Crippen LogP contribution in [-0.2, 0) is 14.9 Å². The summed E-state index contributed by atoms with van der Waals surface area (Å²) in [7, 11) is -4.02. The highest BCUT2D eigenvalue weighted by Crippen LogP contribution is 1.92. The van der Waals surface area contributed by atoms with Crippen LogP contribution < -0.4 is 0 Å². The van der Waals surface area contributed by atoms with Gasteiger partial charge in [0.15, 0.2) is 0 Å². The molecule has 0 saturated carbocycles. The molecule has 0 rings (SSSR count). The fourth-order valence-corrected chi connectivity index (χ4v) is 0.859. The number of hydrogen-bond acceptors (Lipinski definition) is 3. The summed E-state index contributed by atoms with van der Waals surface area (Å²) < 4.78 is 27.8. The largest absolute Gasteiger partial charge is 0.286 e. The van der Waals surface area contributed by atoms with E-state index in [0.717, 1.165) is 0 Å². The molecule has 0 atom stereocenters. The highest BCUT2D eigenvalue weighted by atomic mass is 35.5. The van der Waals surface area contributed by atoms with Gasteiger partial charge in [-0.1, -0.05) is 0 Å². The third-order valence-corrected chi connectivity index (χ3v) is 1.47. The lowest BCUT2D eigenvalue weighted by atomic mass is 10.6. The van der Waals surface area contributed by atoms with Gasteiger partial charge in [-0.2, -0.15) is 8.42 Å². The van der Waals surface area contributed by atoms with Gasteiger partial charge in [-0.25, -0.2) is 0 Å². The van der Waals surface area contributed by atoms with Crippen molar-refractivity contribution in [2.24, 2.45) is 0 Å². The van der Waals surface area contributed by atoms with Gasteiger partial charge in [0, 0.05) is 6.42 Å². The van der Waals surface area contributed by atoms with E-state index in [0.29, 0.717) is 0 Å². The van der Waals surface area contributed by atoms with Gasteiger partial charge in [-0.05, 0) is 11.6 Å². The van der Waals surface area contributed by atoms with Crippen molar-refractivity contribution in [2.45, 2.75) is 6.42 Å². The zero-order valence-corrected chi connectivity index (χ0v) is 5.94. The third-order valence-electron chi connectivity index (χ3n) is 0.557. The van der Waals surface area contributed by atoms with E-state index < -0.39 is 21.1 Å². The summed E-state index contributed by atoms with van der Waals surface area (Å²) in [5.41, 5.74) is 0. The summed E-state index contributed by atoms with van der Waals surface area (Å²) >= 11 is 4.77. The van der Waals surface area contributed by atoms with Crippen molar-refractivity contribution in [3.8, 4) is 0 Å². The SMILES string of the molecule is O=C(Cl)CCS(=O)(=O)O. The third kappa shape index (κ3) is 7.87. The number of carbonyl (C=O) groups excluding carboxylic acids is 1. The van der Waals surface area contributed by atoms with Gasteiger partial charge in [0.25, 0.3) is 10.1 Å². The van der Waals surface area contributed by atoms with Crippen LogP contribution in [0.15, 0.2) is 0 Å². The summed E-state index contributed by atoms with van der Waals surface area (Å²) in [6.45, 7) is 0. The van der Waals surface area contributed by atoms with E-state index >= 15 is 0 Å². The molecule has 0 saturated heterocycles. The molecule has 0 spiro atoms. The lowest BCUT2D eigenvalue weighted by molar-refractivity contribution is -0.111. The molecular formula is C3H5ClO4S. The topological polar surface area (TPSA) is 71.4 Å². The lowest BCUT2D eigenvalue weighted by Crippen LogP contribution is -2.06. The first-order chi connectivity index (χ1) is 3.92. The molecule has 0 amide bonds. The Labute approximate surface area is 57.6 Å². The van der Waals surface area contributed by atoms with E-state index in [1.807, 2.05) is 0 Å². The van der Waals surface area contributed by atoms with Crippen molar-refractivity contribution >= 4 is 27.0 Å². The molecule has 0 aromatic rings. The quantitative estimate of drug-likeness (QED) is 0.482. The van der Waals surface area contributed by atoms with Crippen LogP contribution in [0.5, 0.6) is 0 Å². The first kappa shape index (κ1) is 8.87. The van der Waals surface area contributed by atoms with Gasteiger partial charge in [0.2, 0.25) is 5.24 Å². The summed E-state index contributed by atoms with van der Waals surface area (Å²) in [5.74, 6) is -0.602. The Morgan fingerprint density at radius 1 is 1.56 bits per heavy atom. The van der Waals surface area contributed by atoms with Gasteiger partial charge in [0.1, 0.15) is 0 Å². The first-order valence-corrected chi connectivity index (χ1v) is 4.04. The predicted molar refractivity (Wildman–Crippen MR) is 31.9 cm³/mol. The monoisotopic (exact) mass is 172 g/mol. The normalized spacial score (nSPS) is 11.3. The molecule has 0 fully saturated rings. The number of halogens is 1. The van der Waals surface area contributed by atoms with Crippen LogP contribution in [0.2, 0.25) is 0 Å². The summed E-state index contributed by atoms with van der Waals surface area (Å²) in [6.07, 6.45) is -0.347. The number of carbonyl (C=O) groups is 1. The minimum Gasteiger partial charge on any atom is -0.286 e. The fourth-order valence-electron chi connectivity index (χ4n) is 0.209. The van der Waals surface area contributed by atoms with Crippen molar-refractivity contribution in [2.75, 3.05) is 5.75 Å². The Morgan fingerprint density at radius 3 is 2.11 bits per heavy atom. The summed E-state index contributed by atoms with van der Waals surface area (Å²) in [4.78, 5) is 9.88. The van der Waals surface area contributed by atoms with E-state index in [4.69, 9.17) is 16.2 Å². The first-order valence-electron chi connectivity index (χ1n) is 2.05. The van der Waals surface area contributed by atoms with E-state index in [2.05, 4.69) is 0 Å². The van der Waals surface area contributed by atoms with Crippen LogP contribution in [-0.4, -0.2) is 24.0 Å². The minimum atomic E-state index is -4.02. The van der Waals surface area contributed by atoms with Crippen molar-refractivity contribution in [3.05, 3.63) is 0 Å². The van der Waals surface area contributed by atoms with Gasteiger partial charge >= 0.3 is 0 Å². The molecule has 0 heterocycles. The van der Waals surface area contributed by atoms with Gasteiger partial charge in [-0.3, -0.25) is 9.35 Å². The van der Waals surface area contributed by atoms with E-state index in [1.54, 1.807) is 0 Å². The number of rotatable bonds is 3. The van der Waals surface area contributed by atoms with Crippen molar-refractivity contribution in [1.82, 2.24) is 0 Å². The predicted octanol–water partition coefficient (Wildman–Crippen LogP) is 0.0297. The number of hydrogen-bond donors (Lipinski definition) is 1. The Balaban J connectivity index is 3.67. The smallest absolute Gasteiger partial charge is 0.265 e. The molecule has 0 aliphatic heterocycles. The zero-order chi connectivity index (χ0) is 7.49. The standard InChI is InChI=1S/C3H5ClO4S/c4-3(5)1-2-9(6,7)8/h1-2H2,(H,6,7,8). The second-order valence-corrected chi connectivity index (χ2v) is 3.38. The molecule has 0 bridgehead atoms. The van der Waals surface area contributed by atoms with Crippen LogP contribution >= 0.6 is 11.6 Å². The molecular weight excluding hydrogens is 168 g/mol. The van der Waals surface area contributed by atoms with Gasteiger partial charge < -0.3 is 0 Å². The van der Waals surface area contributed by atoms with Crippen LogP contribution in [0.3, 0.4) is 0 Å². The molecule has 0 aromatic heterocycles. The van der Waals surface area contributed by atoms with E-state index in [-0.39, 0.29) is 6.42 Å². The summed E-state index contributed by atoms with van der Waals surface area (Å²) in [6, 6.07) is 0. The Bertz CT molecular complexity index is 194. The summed E-state index contributed by atoms with van der Waals surface area (Å²) in [5, 5.41) is -0.771. The van der Waals surface area contributed by atoms with Crippen LogP contribution in [0, 0.1) is 0 Å². The van der Waals surface area contributed by atoms with Gasteiger partial charge in [0.05, 0.1) is 5.75 Å². The Hall–Kier alpha value is -0.130. The molecule has 0 aromatic carbocycles. The molecule has 0 unspecified atom stereocenters. The van der Waals surface area contributed by atoms with E-state index in [9.17, 15) is 13.2 Å². The molecule has 9 heavy (non-hydrogen) atoms. The Morgan fingerprint density at radius 2 is 2.00 bits per heavy atom. The molecule has 0 radical (unpaired) electrons. The van der Waals surface area contributed by atoms with Crippen molar-refractivity contribution in [3.63, 3.8) is 0 Å². The molecule has 4 nitrogen and oxygen atoms in total. The van der Waals surface area contributed by atoms with Crippen molar-refractivity contribution < 1.29 is 17.8 Å². The Kier molecular flexibility index (Phi) is 3.10. The van der Waals surface area contributed by atoms with Crippen LogP contribution in [0.1, 0.15) is 6.42 Å². The maximum Gasteiger partial charge on any atom is 0.265 e. The highest BCUT2D eigenvalue weighted by molar-refractivity contribution is 7.85. The van der Waals surface area contributed by atoms with Crippen LogP contribution in [0.4, 0.5) is 0 Å². The molecule has 0 aliphatic carbocycles. The van der Waals surface area contributed by atoms with Gasteiger partial charge in [-0.15, -0.1) is 0 Å². The molecule has 54 valence electrons. The second-order valence-electron chi connectivity index (χ2n) is 1.39. The zero-order valence-electron chi connectivity index (χ0n) is 4.37. The minimum absolute atomic E-state index is 0.347. The van der Waals surface area contributed by atoms with E-state index in [1.165, 1.54) is 0 Å². The highest BCUT2D eigenvalue weighted by Gasteiger charge is 2.06. The molecule has 1 N–H and O–H groups in total. The lowest BCUT2D eigenvalue weighted by Gasteiger charge is -1.88. The molecule has 0 aliphatic rings. The maximum atomic E-state index is 9.88. The average Bonchev–Trinajstić information content (AvgIpc) is 1.59. The second kappa shape index (κ2) is 3.14. The molecule has 6 heteroatoms.